The standard InChI is InChI=1S/C15H19ClF2N2O3.ClH/c1-21-7-9-5-8-6-19-3-4-20(8)13-11(17)12(18)14(22-2)10(16)15(13)23-9;/h8-9,19H,3-7H2,1-2H3;1H/t8-,9+;/m1./s1. The third-order valence-corrected chi connectivity index (χ3v) is 4.57. The smallest absolute Gasteiger partial charge is 0.204 e. The molecule has 9 heteroatoms. The van der Waals surface area contributed by atoms with Crippen LogP contribution in [0.2, 0.25) is 5.02 Å². The van der Waals surface area contributed by atoms with E-state index < -0.39 is 11.6 Å². The molecule has 5 nitrogen and oxygen atoms in total. The zero-order valence-electron chi connectivity index (χ0n) is 13.4. The van der Waals surface area contributed by atoms with Gasteiger partial charge in [-0.3, -0.25) is 0 Å². The minimum atomic E-state index is -1.10. The van der Waals surface area contributed by atoms with Crippen LogP contribution in [0.5, 0.6) is 11.5 Å². The first-order chi connectivity index (χ1) is 11.1. The summed E-state index contributed by atoms with van der Waals surface area (Å²) < 4.78 is 44.9. The van der Waals surface area contributed by atoms with Gasteiger partial charge in [-0.25, -0.2) is 4.39 Å². The molecule has 0 unspecified atom stereocenters. The van der Waals surface area contributed by atoms with Crippen molar-refractivity contribution in [3.63, 3.8) is 0 Å². The van der Waals surface area contributed by atoms with Crippen LogP contribution in [-0.4, -0.2) is 52.6 Å². The van der Waals surface area contributed by atoms with Crippen LogP contribution in [0.25, 0.3) is 0 Å². The van der Waals surface area contributed by atoms with E-state index in [1.165, 1.54) is 7.11 Å². The van der Waals surface area contributed by atoms with Gasteiger partial charge in [-0.1, -0.05) is 11.6 Å². The van der Waals surface area contributed by atoms with E-state index in [1.807, 2.05) is 4.90 Å². The zero-order chi connectivity index (χ0) is 16.6. The average molecular weight is 385 g/mol. The number of methoxy groups -OCH3 is 2. The van der Waals surface area contributed by atoms with Crippen LogP contribution in [0.3, 0.4) is 0 Å². The van der Waals surface area contributed by atoms with E-state index in [0.29, 0.717) is 32.7 Å². The Morgan fingerprint density at radius 1 is 1.33 bits per heavy atom. The van der Waals surface area contributed by atoms with E-state index in [9.17, 15) is 8.78 Å². The number of piperazine rings is 1. The highest BCUT2D eigenvalue weighted by Gasteiger charge is 2.38. The Morgan fingerprint density at radius 2 is 2.08 bits per heavy atom. The number of benzene rings is 1. The minimum absolute atomic E-state index is 0. The maximum atomic E-state index is 14.7. The van der Waals surface area contributed by atoms with E-state index in [1.54, 1.807) is 7.11 Å². The lowest BCUT2D eigenvalue weighted by Crippen LogP contribution is -2.52. The topological polar surface area (TPSA) is 43.0 Å². The summed E-state index contributed by atoms with van der Waals surface area (Å²) in [5.41, 5.74) is 0.0680. The Balaban J connectivity index is 0.00000208. The highest BCUT2D eigenvalue weighted by Crippen LogP contribution is 2.48. The second-order valence-corrected chi connectivity index (χ2v) is 6.01. The summed E-state index contributed by atoms with van der Waals surface area (Å²) in [6.45, 7) is 2.21. The molecule has 0 bridgehead atoms. The molecule has 0 amide bonds. The van der Waals surface area contributed by atoms with Gasteiger partial charge in [-0.05, 0) is 0 Å². The largest absolute Gasteiger partial charge is 0.492 e. The normalized spacial score (nSPS) is 22.6. The van der Waals surface area contributed by atoms with Crippen LogP contribution in [0, 0.1) is 11.6 Å². The third-order valence-electron chi connectivity index (χ3n) is 4.23. The van der Waals surface area contributed by atoms with Gasteiger partial charge in [0, 0.05) is 39.2 Å². The molecular formula is C15H20Cl2F2N2O3. The molecule has 3 rings (SSSR count). The van der Waals surface area contributed by atoms with Crippen LogP contribution in [0.4, 0.5) is 14.5 Å². The first kappa shape index (κ1) is 19.3. The summed E-state index contributed by atoms with van der Waals surface area (Å²) in [5.74, 6) is -2.31. The van der Waals surface area contributed by atoms with E-state index in [0.717, 1.165) is 0 Å². The SMILES string of the molecule is COC[C@@H]1C[C@@H]2CNCCN2c2c(F)c(F)c(OC)c(Cl)c2O1.Cl. The predicted octanol–water partition coefficient (Wildman–Crippen LogP) is 2.62. The number of halogens is 4. The number of ether oxygens (including phenoxy) is 3. The van der Waals surface area contributed by atoms with Crippen LogP contribution in [0.15, 0.2) is 0 Å². The van der Waals surface area contributed by atoms with Crippen molar-refractivity contribution in [2.24, 2.45) is 0 Å². The molecule has 24 heavy (non-hydrogen) atoms. The Morgan fingerprint density at radius 3 is 2.75 bits per heavy atom. The number of anilines is 1. The molecule has 2 atom stereocenters. The summed E-state index contributed by atoms with van der Waals surface area (Å²) >= 11 is 6.23. The van der Waals surface area contributed by atoms with Crippen LogP contribution < -0.4 is 19.7 Å². The maximum Gasteiger partial charge on any atom is 0.204 e. The molecular weight excluding hydrogens is 365 g/mol. The van der Waals surface area contributed by atoms with Crippen molar-refractivity contribution in [1.29, 1.82) is 0 Å². The fourth-order valence-corrected chi connectivity index (χ4v) is 3.52. The average Bonchev–Trinajstić information content (AvgIpc) is 2.70. The van der Waals surface area contributed by atoms with E-state index in [4.69, 9.17) is 25.8 Å². The van der Waals surface area contributed by atoms with Gasteiger partial charge in [0.25, 0.3) is 0 Å². The van der Waals surface area contributed by atoms with Crippen LogP contribution >= 0.6 is 24.0 Å². The van der Waals surface area contributed by atoms with Gasteiger partial charge in [0.2, 0.25) is 5.82 Å². The third kappa shape index (κ3) is 3.22. The lowest BCUT2D eigenvalue weighted by Gasteiger charge is -2.37. The molecule has 1 saturated heterocycles. The van der Waals surface area contributed by atoms with Crippen molar-refractivity contribution < 1.29 is 23.0 Å². The highest BCUT2D eigenvalue weighted by atomic mass is 35.5. The van der Waals surface area contributed by atoms with Crippen LogP contribution in [0.1, 0.15) is 6.42 Å². The molecule has 0 aliphatic carbocycles. The molecule has 0 spiro atoms. The molecule has 2 aliphatic heterocycles. The van der Waals surface area contributed by atoms with Gasteiger partial charge in [-0.2, -0.15) is 4.39 Å². The van der Waals surface area contributed by atoms with Crippen molar-refractivity contribution in [3.8, 4) is 11.5 Å². The number of hydrogen-bond acceptors (Lipinski definition) is 5. The fraction of sp³-hybridized carbons (Fsp3) is 0.600. The highest BCUT2D eigenvalue weighted by molar-refractivity contribution is 6.34. The van der Waals surface area contributed by atoms with E-state index in [-0.39, 0.29) is 46.8 Å². The van der Waals surface area contributed by atoms with Crippen molar-refractivity contribution in [3.05, 3.63) is 16.7 Å². The second-order valence-electron chi connectivity index (χ2n) is 5.64. The Labute approximate surface area is 150 Å². The molecule has 1 aromatic rings. The van der Waals surface area contributed by atoms with E-state index >= 15 is 0 Å². The molecule has 1 aromatic carbocycles. The zero-order valence-corrected chi connectivity index (χ0v) is 15.0. The summed E-state index contributed by atoms with van der Waals surface area (Å²) in [5, 5.41) is 3.21. The summed E-state index contributed by atoms with van der Waals surface area (Å²) in [4.78, 5) is 1.82. The molecule has 0 radical (unpaired) electrons. The van der Waals surface area contributed by atoms with Gasteiger partial charge in [0.1, 0.15) is 16.8 Å². The van der Waals surface area contributed by atoms with Crippen molar-refractivity contribution >= 4 is 29.7 Å². The van der Waals surface area contributed by atoms with Gasteiger partial charge in [0.05, 0.1) is 13.7 Å². The predicted molar refractivity (Wildman–Crippen MR) is 90.1 cm³/mol. The number of nitrogens with one attached hydrogen (secondary N) is 1. The number of rotatable bonds is 3. The summed E-state index contributed by atoms with van der Waals surface area (Å²) in [7, 11) is 2.81. The van der Waals surface area contributed by atoms with Crippen LogP contribution in [-0.2, 0) is 4.74 Å². The fourth-order valence-electron chi connectivity index (χ4n) is 3.22. The van der Waals surface area contributed by atoms with E-state index in [2.05, 4.69) is 5.32 Å². The Bertz CT molecular complexity index is 607. The monoisotopic (exact) mass is 384 g/mol. The second kappa shape index (κ2) is 7.91. The minimum Gasteiger partial charge on any atom is -0.492 e. The number of nitrogens with zero attached hydrogens (tertiary/aromatic N) is 1. The van der Waals surface area contributed by atoms with Gasteiger partial charge < -0.3 is 24.4 Å². The maximum absolute atomic E-state index is 14.7. The molecule has 2 heterocycles. The molecule has 2 aliphatic rings. The molecule has 136 valence electrons. The summed E-state index contributed by atoms with van der Waals surface area (Å²) in [6.07, 6.45) is 0.315. The first-order valence-electron chi connectivity index (χ1n) is 7.45. The van der Waals surface area contributed by atoms with Gasteiger partial charge in [-0.15, -0.1) is 12.4 Å². The van der Waals surface area contributed by atoms with Gasteiger partial charge >= 0.3 is 0 Å². The molecule has 1 fully saturated rings. The molecule has 1 N–H and O–H groups in total. The molecule has 0 aromatic heterocycles. The number of hydrogen-bond donors (Lipinski definition) is 1. The van der Waals surface area contributed by atoms with Crippen molar-refractivity contribution in [1.82, 2.24) is 5.32 Å². The Kier molecular flexibility index (Phi) is 6.36. The van der Waals surface area contributed by atoms with Crippen molar-refractivity contribution in [2.45, 2.75) is 18.6 Å². The molecule has 0 saturated carbocycles. The Hall–Kier alpha value is -1.02. The quantitative estimate of drug-likeness (QED) is 0.811. The summed E-state index contributed by atoms with van der Waals surface area (Å²) in [6, 6.07) is -0.0245. The number of fused-ring (bicyclic) bond motifs is 3. The van der Waals surface area contributed by atoms with Crippen molar-refractivity contribution in [2.75, 3.05) is 45.4 Å². The lowest BCUT2D eigenvalue weighted by molar-refractivity contribution is 0.0743. The lowest BCUT2D eigenvalue weighted by atomic mass is 10.1. The van der Waals surface area contributed by atoms with Gasteiger partial charge in [0.15, 0.2) is 17.3 Å². The first-order valence-corrected chi connectivity index (χ1v) is 7.83.